The molecule has 1 N–H and O–H groups in total. The Morgan fingerprint density at radius 2 is 1.73 bits per heavy atom. The highest BCUT2D eigenvalue weighted by molar-refractivity contribution is 7.86. The van der Waals surface area contributed by atoms with Crippen LogP contribution in [-0.2, 0) is 10.1 Å². The minimum Gasteiger partial charge on any atom is -0.496 e. The van der Waals surface area contributed by atoms with Gasteiger partial charge in [-0.15, -0.1) is 0 Å². The highest BCUT2D eigenvalue weighted by Gasteiger charge is 2.31. The Bertz CT molecular complexity index is 1480. The van der Waals surface area contributed by atoms with Crippen LogP contribution in [0.5, 0.6) is 5.75 Å². The Kier molecular flexibility index (Phi) is 5.92. The predicted octanol–water partition coefficient (Wildman–Crippen LogP) is 4.69. The van der Waals surface area contributed by atoms with Gasteiger partial charge in [0, 0.05) is 29.8 Å². The molecule has 0 fully saturated rings. The minimum atomic E-state index is -4.65. The molecular formula is C24H20FNO6S. The number of hydrogen-bond donors (Lipinski definition) is 1. The van der Waals surface area contributed by atoms with Crippen LogP contribution in [0.2, 0.25) is 0 Å². The summed E-state index contributed by atoms with van der Waals surface area (Å²) in [6.45, 7) is 0. The Hall–Kier alpha value is -3.69. The monoisotopic (exact) mass is 469 g/mol. The van der Waals surface area contributed by atoms with E-state index < -0.39 is 26.8 Å². The van der Waals surface area contributed by atoms with Crippen molar-refractivity contribution in [2.75, 3.05) is 19.1 Å². The molecule has 7 nitrogen and oxygen atoms in total. The van der Waals surface area contributed by atoms with Crippen molar-refractivity contribution in [3.8, 4) is 5.75 Å². The van der Waals surface area contributed by atoms with Gasteiger partial charge in [0.1, 0.15) is 22.4 Å². The average Bonchev–Trinajstić information content (AvgIpc) is 2.78. The van der Waals surface area contributed by atoms with Gasteiger partial charge >= 0.3 is 5.63 Å². The van der Waals surface area contributed by atoms with E-state index in [1.54, 1.807) is 48.3 Å². The summed E-state index contributed by atoms with van der Waals surface area (Å²) in [6.07, 6.45) is 0. The lowest BCUT2D eigenvalue weighted by atomic mass is 10.0. The van der Waals surface area contributed by atoms with Crippen LogP contribution in [0.15, 0.2) is 82.0 Å². The van der Waals surface area contributed by atoms with Gasteiger partial charge in [-0.05, 0) is 48.0 Å². The lowest BCUT2D eigenvalue weighted by molar-refractivity contribution is 0.408. The maximum Gasteiger partial charge on any atom is 0.338 e. The summed E-state index contributed by atoms with van der Waals surface area (Å²) in [5, 5.41) is -0.833. The van der Waals surface area contributed by atoms with Crippen molar-refractivity contribution < 1.29 is 26.5 Å². The third-order valence-electron chi connectivity index (χ3n) is 5.34. The lowest BCUT2D eigenvalue weighted by Crippen LogP contribution is -2.17. The van der Waals surface area contributed by atoms with Crippen LogP contribution in [-0.4, -0.2) is 27.1 Å². The van der Waals surface area contributed by atoms with Gasteiger partial charge in [-0.25, -0.2) is 9.18 Å². The van der Waals surface area contributed by atoms with Crippen LogP contribution in [0.3, 0.4) is 0 Å². The van der Waals surface area contributed by atoms with Crippen LogP contribution in [0.1, 0.15) is 16.4 Å². The van der Waals surface area contributed by atoms with Gasteiger partial charge in [-0.2, -0.15) is 8.42 Å². The summed E-state index contributed by atoms with van der Waals surface area (Å²) >= 11 is 0. The zero-order valence-corrected chi connectivity index (χ0v) is 18.5. The number of halogens is 1. The molecular weight excluding hydrogens is 449 g/mol. The molecule has 1 heterocycles. The fourth-order valence-corrected chi connectivity index (χ4v) is 4.80. The number of hydrogen-bond acceptors (Lipinski definition) is 6. The maximum atomic E-state index is 13.4. The smallest absolute Gasteiger partial charge is 0.338 e. The van der Waals surface area contributed by atoms with E-state index >= 15 is 0 Å². The molecule has 0 spiro atoms. The first-order valence-corrected chi connectivity index (χ1v) is 11.4. The summed E-state index contributed by atoms with van der Waals surface area (Å²) in [5.74, 6) is -0.320. The Morgan fingerprint density at radius 1 is 1.03 bits per heavy atom. The number of benzene rings is 3. The number of ether oxygens (including phenoxy) is 1. The van der Waals surface area contributed by atoms with Crippen LogP contribution in [0, 0.1) is 5.82 Å². The van der Waals surface area contributed by atoms with Gasteiger partial charge in [-0.3, -0.25) is 4.55 Å². The zero-order valence-electron chi connectivity index (χ0n) is 17.7. The van der Waals surface area contributed by atoms with Gasteiger partial charge in [0.15, 0.2) is 0 Å². The van der Waals surface area contributed by atoms with E-state index in [1.807, 2.05) is 6.07 Å². The molecule has 0 saturated heterocycles. The molecule has 0 aliphatic heterocycles. The fraction of sp³-hybridized carbons (Fsp3) is 0.125. The summed E-state index contributed by atoms with van der Waals surface area (Å²) in [7, 11) is -1.56. The molecule has 0 amide bonds. The van der Waals surface area contributed by atoms with E-state index in [4.69, 9.17) is 9.15 Å². The molecule has 9 heteroatoms. The molecule has 0 aliphatic rings. The number of anilines is 2. The van der Waals surface area contributed by atoms with Crippen LogP contribution in [0.4, 0.5) is 15.8 Å². The molecule has 1 aromatic heterocycles. The van der Waals surface area contributed by atoms with E-state index in [1.165, 1.54) is 25.3 Å². The Labute approximate surface area is 189 Å². The van der Waals surface area contributed by atoms with Crippen molar-refractivity contribution >= 4 is 32.5 Å². The van der Waals surface area contributed by atoms with Crippen molar-refractivity contribution in [1.82, 2.24) is 0 Å². The van der Waals surface area contributed by atoms with E-state index in [0.29, 0.717) is 22.3 Å². The summed E-state index contributed by atoms with van der Waals surface area (Å²) in [6, 6.07) is 18.0. The van der Waals surface area contributed by atoms with Crippen molar-refractivity contribution in [2.24, 2.45) is 0 Å². The SMILES string of the molecule is COc1ccc(N(C)c2cc(=O)oc3ccccc23)cc1C(c1ccc(F)cc1)S(=O)(=O)O. The molecule has 0 aliphatic carbocycles. The number of nitrogens with zero attached hydrogens (tertiary/aromatic N) is 1. The molecule has 1 atom stereocenters. The van der Waals surface area contributed by atoms with E-state index in [-0.39, 0.29) is 16.9 Å². The van der Waals surface area contributed by atoms with Crippen molar-refractivity contribution in [2.45, 2.75) is 5.25 Å². The van der Waals surface area contributed by atoms with Crippen LogP contribution >= 0.6 is 0 Å². The van der Waals surface area contributed by atoms with Gasteiger partial charge in [0.2, 0.25) is 0 Å². The first kappa shape index (κ1) is 22.5. The molecule has 33 heavy (non-hydrogen) atoms. The second-order valence-electron chi connectivity index (χ2n) is 7.38. The quantitative estimate of drug-likeness (QED) is 0.323. The van der Waals surface area contributed by atoms with Crippen LogP contribution in [0.25, 0.3) is 11.0 Å². The number of methoxy groups -OCH3 is 1. The summed E-state index contributed by atoms with van der Waals surface area (Å²) in [4.78, 5) is 13.8. The first-order valence-electron chi connectivity index (χ1n) is 9.85. The highest BCUT2D eigenvalue weighted by atomic mass is 32.2. The predicted molar refractivity (Wildman–Crippen MR) is 123 cm³/mol. The van der Waals surface area contributed by atoms with Gasteiger partial charge in [0.25, 0.3) is 10.1 Å². The average molecular weight is 469 g/mol. The molecule has 170 valence electrons. The number of fused-ring (bicyclic) bond motifs is 1. The second kappa shape index (κ2) is 8.68. The van der Waals surface area contributed by atoms with E-state index in [0.717, 1.165) is 12.1 Å². The third kappa shape index (κ3) is 4.46. The Balaban J connectivity index is 1.90. The Morgan fingerprint density at radius 3 is 2.39 bits per heavy atom. The largest absolute Gasteiger partial charge is 0.496 e. The number of para-hydroxylation sites is 1. The van der Waals surface area contributed by atoms with E-state index in [9.17, 15) is 22.2 Å². The fourth-order valence-electron chi connectivity index (χ4n) is 3.80. The first-order chi connectivity index (χ1) is 15.7. The molecule has 1 unspecified atom stereocenters. The lowest BCUT2D eigenvalue weighted by Gasteiger charge is -2.24. The normalized spacial score (nSPS) is 12.5. The van der Waals surface area contributed by atoms with Crippen molar-refractivity contribution in [3.05, 3.63) is 100 Å². The molecule has 0 saturated carbocycles. The van der Waals surface area contributed by atoms with Crippen LogP contribution < -0.4 is 15.3 Å². The molecule has 0 radical (unpaired) electrons. The third-order valence-corrected chi connectivity index (χ3v) is 6.46. The van der Waals surface area contributed by atoms with Gasteiger partial charge in [-0.1, -0.05) is 24.3 Å². The van der Waals surface area contributed by atoms with Gasteiger partial charge in [0.05, 0.1) is 12.8 Å². The topological polar surface area (TPSA) is 97.0 Å². The van der Waals surface area contributed by atoms with E-state index in [2.05, 4.69) is 0 Å². The van der Waals surface area contributed by atoms with Gasteiger partial charge < -0.3 is 14.1 Å². The maximum absolute atomic E-state index is 13.4. The molecule has 4 aromatic rings. The molecule has 0 bridgehead atoms. The minimum absolute atomic E-state index is 0.156. The summed E-state index contributed by atoms with van der Waals surface area (Å²) < 4.78 is 58.9. The second-order valence-corrected chi connectivity index (χ2v) is 8.88. The van der Waals surface area contributed by atoms with Crippen molar-refractivity contribution in [1.29, 1.82) is 0 Å². The standard InChI is InChI=1S/C24H20FNO6S/c1-26(20-14-23(27)32-22-6-4-3-5-18(20)22)17-11-12-21(31-2)19(13-17)24(33(28,29)30)15-7-9-16(25)10-8-15/h3-14,24H,1-2H3,(H,28,29,30). The highest BCUT2D eigenvalue weighted by Crippen LogP contribution is 2.39. The molecule has 3 aromatic carbocycles. The summed E-state index contributed by atoms with van der Waals surface area (Å²) in [5.41, 5.74) is 1.26. The molecule has 4 rings (SSSR count). The number of rotatable bonds is 6. The van der Waals surface area contributed by atoms with Crippen molar-refractivity contribution in [3.63, 3.8) is 0 Å². The zero-order chi connectivity index (χ0) is 23.8.